The first-order valence-corrected chi connectivity index (χ1v) is 5.45. The van der Waals surface area contributed by atoms with Crippen LogP contribution in [0.3, 0.4) is 0 Å². The quantitative estimate of drug-likeness (QED) is 0.778. The molecule has 0 heterocycles. The third kappa shape index (κ3) is 2.80. The summed E-state index contributed by atoms with van der Waals surface area (Å²) in [5, 5.41) is 18.7. The van der Waals surface area contributed by atoms with Crippen LogP contribution in [0.5, 0.6) is 0 Å². The van der Waals surface area contributed by atoms with Crippen molar-refractivity contribution in [3.63, 3.8) is 0 Å². The zero-order valence-electron chi connectivity index (χ0n) is 9.48. The molecular formula is C13H20O2. The molecule has 1 aromatic rings. The van der Waals surface area contributed by atoms with Crippen LogP contribution in [0.1, 0.15) is 32.3 Å². The molecule has 2 heteroatoms. The molecule has 2 nitrogen and oxygen atoms in total. The van der Waals surface area contributed by atoms with Gasteiger partial charge in [0.25, 0.3) is 0 Å². The van der Waals surface area contributed by atoms with Crippen LogP contribution < -0.4 is 0 Å². The van der Waals surface area contributed by atoms with Gasteiger partial charge in [-0.3, -0.25) is 0 Å². The molecule has 0 aliphatic carbocycles. The van der Waals surface area contributed by atoms with Crippen molar-refractivity contribution in [1.82, 2.24) is 0 Å². The van der Waals surface area contributed by atoms with E-state index in [1.807, 2.05) is 44.2 Å². The molecule has 1 rings (SSSR count). The third-order valence-electron chi connectivity index (χ3n) is 3.21. The number of rotatable bonds is 5. The molecule has 0 radical (unpaired) electrons. The number of benzene rings is 1. The summed E-state index contributed by atoms with van der Waals surface area (Å²) in [6.07, 6.45) is 1.10. The predicted molar refractivity (Wildman–Crippen MR) is 61.8 cm³/mol. The van der Waals surface area contributed by atoms with Gasteiger partial charge in [0.05, 0.1) is 6.10 Å². The molecule has 1 aromatic carbocycles. The van der Waals surface area contributed by atoms with Gasteiger partial charge in [0.1, 0.15) is 0 Å². The van der Waals surface area contributed by atoms with Crippen LogP contribution in [0.25, 0.3) is 0 Å². The lowest BCUT2D eigenvalue weighted by Gasteiger charge is -2.33. The van der Waals surface area contributed by atoms with Gasteiger partial charge in [-0.15, -0.1) is 0 Å². The normalized spacial score (nSPS) is 17.1. The molecule has 1 unspecified atom stereocenters. The lowest BCUT2D eigenvalue weighted by molar-refractivity contribution is 0.0950. The second-order valence-corrected chi connectivity index (χ2v) is 4.29. The summed E-state index contributed by atoms with van der Waals surface area (Å²) in [6.45, 7) is 4.03. The average Bonchev–Trinajstić information content (AvgIpc) is 2.27. The summed E-state index contributed by atoms with van der Waals surface area (Å²) in [6, 6.07) is 10.00. The van der Waals surface area contributed by atoms with Crippen molar-refractivity contribution in [2.75, 3.05) is 6.61 Å². The Morgan fingerprint density at radius 2 is 1.87 bits per heavy atom. The molecule has 0 aliphatic rings. The second-order valence-electron chi connectivity index (χ2n) is 4.29. The maximum absolute atomic E-state index is 9.87. The van der Waals surface area contributed by atoms with Gasteiger partial charge >= 0.3 is 0 Å². The molecule has 0 bridgehead atoms. The average molecular weight is 208 g/mol. The Labute approximate surface area is 91.6 Å². The molecule has 0 spiro atoms. The summed E-state index contributed by atoms with van der Waals surface area (Å²) < 4.78 is 0. The highest BCUT2D eigenvalue weighted by Crippen LogP contribution is 2.32. The van der Waals surface area contributed by atoms with E-state index in [0.717, 1.165) is 18.4 Å². The fraction of sp³-hybridized carbons (Fsp3) is 0.538. The van der Waals surface area contributed by atoms with Gasteiger partial charge < -0.3 is 10.2 Å². The zero-order valence-corrected chi connectivity index (χ0v) is 9.48. The summed E-state index contributed by atoms with van der Waals surface area (Å²) in [4.78, 5) is 0. The van der Waals surface area contributed by atoms with E-state index in [-0.39, 0.29) is 12.0 Å². The molecule has 15 heavy (non-hydrogen) atoms. The highest BCUT2D eigenvalue weighted by atomic mass is 16.3. The Morgan fingerprint density at radius 1 is 1.27 bits per heavy atom. The number of aliphatic hydroxyl groups excluding tert-OH is 2. The molecule has 0 amide bonds. The SMILES string of the molecule is CC(O)[C@@](C)(CCCO)c1ccccc1. The first-order valence-electron chi connectivity index (χ1n) is 5.45. The van der Waals surface area contributed by atoms with Crippen molar-refractivity contribution < 1.29 is 10.2 Å². The lowest BCUT2D eigenvalue weighted by atomic mass is 9.74. The molecule has 84 valence electrons. The Balaban J connectivity index is 2.91. The number of hydrogen-bond donors (Lipinski definition) is 2. The number of hydrogen-bond acceptors (Lipinski definition) is 2. The minimum Gasteiger partial charge on any atom is -0.396 e. The van der Waals surface area contributed by atoms with Crippen LogP contribution in [-0.2, 0) is 5.41 Å². The first kappa shape index (κ1) is 12.2. The molecule has 0 aromatic heterocycles. The van der Waals surface area contributed by atoms with E-state index in [2.05, 4.69) is 0 Å². The molecule has 0 fully saturated rings. The van der Waals surface area contributed by atoms with E-state index >= 15 is 0 Å². The Morgan fingerprint density at radius 3 is 2.33 bits per heavy atom. The highest BCUT2D eigenvalue weighted by Gasteiger charge is 2.31. The molecule has 2 N–H and O–H groups in total. The Bertz CT molecular complexity index is 282. The summed E-state index contributed by atoms with van der Waals surface area (Å²) >= 11 is 0. The van der Waals surface area contributed by atoms with E-state index in [9.17, 15) is 5.11 Å². The number of aliphatic hydroxyl groups is 2. The smallest absolute Gasteiger partial charge is 0.0606 e. The van der Waals surface area contributed by atoms with Crippen LogP contribution >= 0.6 is 0 Å². The maximum atomic E-state index is 9.87. The van der Waals surface area contributed by atoms with Gasteiger partial charge in [0.2, 0.25) is 0 Å². The zero-order chi connectivity index (χ0) is 11.3. The fourth-order valence-electron chi connectivity index (χ4n) is 1.86. The third-order valence-corrected chi connectivity index (χ3v) is 3.21. The van der Waals surface area contributed by atoms with Crippen LogP contribution in [-0.4, -0.2) is 22.9 Å². The molecular weight excluding hydrogens is 188 g/mol. The van der Waals surface area contributed by atoms with E-state index in [1.165, 1.54) is 0 Å². The minimum absolute atomic E-state index is 0.176. The van der Waals surface area contributed by atoms with Gasteiger partial charge in [-0.1, -0.05) is 37.3 Å². The van der Waals surface area contributed by atoms with Gasteiger partial charge in [-0.05, 0) is 25.3 Å². The van der Waals surface area contributed by atoms with Crippen molar-refractivity contribution in [2.45, 2.75) is 38.2 Å². The van der Waals surface area contributed by atoms with E-state index in [1.54, 1.807) is 0 Å². The summed E-state index contributed by atoms with van der Waals surface area (Å²) in [7, 11) is 0. The first-order chi connectivity index (χ1) is 7.11. The molecule has 2 atom stereocenters. The fourth-order valence-corrected chi connectivity index (χ4v) is 1.86. The van der Waals surface area contributed by atoms with E-state index < -0.39 is 6.10 Å². The Kier molecular flexibility index (Phi) is 4.30. The molecule has 0 aliphatic heterocycles. The van der Waals surface area contributed by atoms with Crippen molar-refractivity contribution in [3.8, 4) is 0 Å². The van der Waals surface area contributed by atoms with Crippen molar-refractivity contribution >= 4 is 0 Å². The summed E-state index contributed by atoms with van der Waals surface area (Å²) in [5.41, 5.74) is 0.873. The van der Waals surface area contributed by atoms with Crippen molar-refractivity contribution in [2.24, 2.45) is 0 Å². The largest absolute Gasteiger partial charge is 0.396 e. The second kappa shape index (κ2) is 5.29. The van der Waals surface area contributed by atoms with Crippen LogP contribution in [0.2, 0.25) is 0 Å². The van der Waals surface area contributed by atoms with Gasteiger partial charge in [0.15, 0.2) is 0 Å². The molecule has 0 saturated carbocycles. The van der Waals surface area contributed by atoms with E-state index in [4.69, 9.17) is 5.11 Å². The van der Waals surface area contributed by atoms with E-state index in [0.29, 0.717) is 0 Å². The minimum atomic E-state index is -0.411. The molecule has 0 saturated heterocycles. The maximum Gasteiger partial charge on any atom is 0.0606 e. The van der Waals surface area contributed by atoms with Crippen molar-refractivity contribution in [3.05, 3.63) is 35.9 Å². The topological polar surface area (TPSA) is 40.5 Å². The Hall–Kier alpha value is -0.860. The van der Waals surface area contributed by atoms with Crippen LogP contribution in [0.4, 0.5) is 0 Å². The highest BCUT2D eigenvalue weighted by molar-refractivity contribution is 5.25. The van der Waals surface area contributed by atoms with Crippen LogP contribution in [0, 0.1) is 0 Å². The monoisotopic (exact) mass is 208 g/mol. The predicted octanol–water partition coefficient (Wildman–Crippen LogP) is 2.10. The van der Waals surface area contributed by atoms with Gasteiger partial charge in [0, 0.05) is 12.0 Å². The van der Waals surface area contributed by atoms with Crippen molar-refractivity contribution in [1.29, 1.82) is 0 Å². The standard InChI is InChI=1S/C13H20O2/c1-11(15)13(2,9-6-10-14)12-7-4-3-5-8-12/h3-5,7-8,11,14-15H,6,9-10H2,1-2H3/t11?,13-/m1/s1. The lowest BCUT2D eigenvalue weighted by Crippen LogP contribution is -2.34. The van der Waals surface area contributed by atoms with Crippen LogP contribution in [0.15, 0.2) is 30.3 Å². The van der Waals surface area contributed by atoms with Gasteiger partial charge in [-0.2, -0.15) is 0 Å². The van der Waals surface area contributed by atoms with Gasteiger partial charge in [-0.25, -0.2) is 0 Å². The summed E-state index contributed by atoms with van der Waals surface area (Å²) in [5.74, 6) is 0.